The number of rotatable bonds is 6. The summed E-state index contributed by atoms with van der Waals surface area (Å²) in [6.45, 7) is 14.1. The molecule has 0 aliphatic carbocycles. The van der Waals surface area contributed by atoms with Crippen molar-refractivity contribution in [3.63, 3.8) is 0 Å². The first-order valence-corrected chi connectivity index (χ1v) is 15.1. The molecule has 4 aromatic rings. The zero-order valence-electron chi connectivity index (χ0n) is 25.8. The van der Waals surface area contributed by atoms with Crippen molar-refractivity contribution in [3.05, 3.63) is 131 Å². The molecule has 1 aliphatic heterocycles. The van der Waals surface area contributed by atoms with E-state index >= 15 is 0 Å². The molecule has 5 rings (SSSR count). The lowest BCUT2D eigenvalue weighted by atomic mass is 9.80. The molecule has 0 spiro atoms. The molecular formula is C38H44N2O2. The lowest BCUT2D eigenvalue weighted by molar-refractivity contribution is 0.115. The number of anilines is 2. The van der Waals surface area contributed by atoms with E-state index in [2.05, 4.69) is 95.4 Å². The van der Waals surface area contributed by atoms with E-state index in [4.69, 9.17) is 4.74 Å². The second kappa shape index (κ2) is 12.1. The largest absolute Gasteiger partial charge is 0.444 e. The third kappa shape index (κ3) is 6.77. The van der Waals surface area contributed by atoms with Crippen LogP contribution in [0.1, 0.15) is 76.1 Å². The number of ether oxygens (including phenoxy) is 1. The molecule has 1 amide bonds. The summed E-state index contributed by atoms with van der Waals surface area (Å²) in [6.07, 6.45) is 0.138. The Balaban J connectivity index is 1.40. The third-order valence-electron chi connectivity index (χ3n) is 8.28. The van der Waals surface area contributed by atoms with Gasteiger partial charge in [0.1, 0.15) is 6.10 Å². The maximum atomic E-state index is 13.7. The normalized spacial score (nSPS) is 17.3. The molecule has 4 heteroatoms. The first kappa shape index (κ1) is 29.6. The summed E-state index contributed by atoms with van der Waals surface area (Å²) < 4.78 is 6.19. The molecule has 0 aromatic heterocycles. The Labute approximate surface area is 251 Å². The Morgan fingerprint density at radius 2 is 1.12 bits per heavy atom. The fraction of sp³-hybridized carbons (Fsp3) is 0.342. The first-order valence-electron chi connectivity index (χ1n) is 15.1. The summed E-state index contributed by atoms with van der Waals surface area (Å²) in [5.74, 6) is 0.135. The van der Waals surface area contributed by atoms with Crippen LogP contribution in [0.15, 0.2) is 109 Å². The minimum absolute atomic E-state index is 0.0939. The predicted octanol–water partition coefficient (Wildman–Crippen LogP) is 9.12. The van der Waals surface area contributed by atoms with Gasteiger partial charge < -0.3 is 10.1 Å². The molecule has 1 N–H and O–H groups in total. The van der Waals surface area contributed by atoms with Crippen LogP contribution in [0, 0.1) is 0 Å². The van der Waals surface area contributed by atoms with Crippen molar-refractivity contribution in [1.82, 2.24) is 5.32 Å². The van der Waals surface area contributed by atoms with Gasteiger partial charge in [-0.2, -0.15) is 0 Å². The van der Waals surface area contributed by atoms with Gasteiger partial charge in [0.15, 0.2) is 0 Å². The van der Waals surface area contributed by atoms with E-state index in [1.807, 2.05) is 60.7 Å². The Morgan fingerprint density at radius 1 is 0.690 bits per heavy atom. The van der Waals surface area contributed by atoms with Gasteiger partial charge in [-0.05, 0) is 57.3 Å². The molecule has 2 atom stereocenters. The van der Waals surface area contributed by atoms with Crippen LogP contribution in [-0.4, -0.2) is 24.8 Å². The first-order chi connectivity index (χ1) is 20.0. The number of para-hydroxylation sites is 2. The highest BCUT2D eigenvalue weighted by Gasteiger charge is 2.36. The van der Waals surface area contributed by atoms with E-state index in [1.165, 1.54) is 22.3 Å². The van der Waals surface area contributed by atoms with Gasteiger partial charge in [-0.3, -0.25) is 0 Å². The number of nitrogens with zero attached hydrogens (tertiary/aromatic N) is 1. The maximum absolute atomic E-state index is 13.7. The van der Waals surface area contributed by atoms with Crippen molar-refractivity contribution < 1.29 is 9.53 Å². The molecule has 1 saturated heterocycles. The highest BCUT2D eigenvalue weighted by Crippen LogP contribution is 2.36. The third-order valence-corrected chi connectivity index (χ3v) is 8.28. The molecule has 4 nitrogen and oxygen atoms in total. The summed E-state index contributed by atoms with van der Waals surface area (Å²) in [5, 5.41) is 3.72. The molecule has 0 radical (unpaired) electrons. The van der Waals surface area contributed by atoms with E-state index in [0.717, 1.165) is 17.8 Å². The summed E-state index contributed by atoms with van der Waals surface area (Å²) in [4.78, 5) is 15.3. The highest BCUT2D eigenvalue weighted by molar-refractivity contribution is 5.96. The second-order valence-corrected chi connectivity index (χ2v) is 13.5. The standard InChI is InChI=1S/C38H44N2O2/c1-37(2,3)29-21-17-27(18-22-29)35(28-19-23-30(24-20-28)38(4,5)6)34-25-33(26-39-34)42-36(41)40(31-13-9-7-10-14-31)32-15-11-8-12-16-32/h7-24,33-35,39H,25-26H2,1-6H3/t33-,34?/m1/s1. The van der Waals surface area contributed by atoms with Crippen LogP contribution in [0.2, 0.25) is 0 Å². The smallest absolute Gasteiger partial charge is 0.419 e. The summed E-state index contributed by atoms with van der Waals surface area (Å²) in [5.41, 5.74) is 6.94. The predicted molar refractivity (Wildman–Crippen MR) is 174 cm³/mol. The summed E-state index contributed by atoms with van der Waals surface area (Å²) >= 11 is 0. The number of hydrogen-bond acceptors (Lipinski definition) is 3. The van der Waals surface area contributed by atoms with Crippen molar-refractivity contribution >= 4 is 17.5 Å². The van der Waals surface area contributed by atoms with Crippen molar-refractivity contribution in [2.75, 3.05) is 11.4 Å². The molecule has 1 unspecified atom stereocenters. The van der Waals surface area contributed by atoms with Gasteiger partial charge >= 0.3 is 6.09 Å². The Bertz CT molecular complexity index is 1350. The quantitative estimate of drug-likeness (QED) is 0.256. The highest BCUT2D eigenvalue weighted by atomic mass is 16.6. The molecule has 0 saturated carbocycles. The zero-order chi connectivity index (χ0) is 29.9. The van der Waals surface area contributed by atoms with Crippen LogP contribution in [0.4, 0.5) is 16.2 Å². The van der Waals surface area contributed by atoms with Gasteiger partial charge in [0, 0.05) is 24.9 Å². The van der Waals surface area contributed by atoms with Gasteiger partial charge in [0.2, 0.25) is 0 Å². The molecule has 1 heterocycles. The van der Waals surface area contributed by atoms with Crippen molar-refractivity contribution in [1.29, 1.82) is 0 Å². The van der Waals surface area contributed by atoms with E-state index in [9.17, 15) is 4.79 Å². The fourth-order valence-corrected chi connectivity index (χ4v) is 5.82. The molecule has 42 heavy (non-hydrogen) atoms. The monoisotopic (exact) mass is 560 g/mol. The van der Waals surface area contributed by atoms with E-state index < -0.39 is 0 Å². The van der Waals surface area contributed by atoms with Gasteiger partial charge in [-0.25, -0.2) is 9.69 Å². The number of amides is 1. The lowest BCUT2D eigenvalue weighted by Gasteiger charge is -2.28. The number of benzene rings is 4. The van der Waals surface area contributed by atoms with Gasteiger partial charge in [-0.1, -0.05) is 126 Å². The van der Waals surface area contributed by atoms with Crippen molar-refractivity contribution in [3.8, 4) is 0 Å². The molecule has 0 bridgehead atoms. The molecule has 218 valence electrons. The van der Waals surface area contributed by atoms with Gasteiger partial charge in [-0.15, -0.1) is 0 Å². The van der Waals surface area contributed by atoms with E-state index in [1.54, 1.807) is 4.90 Å². The SMILES string of the molecule is CC(C)(C)c1ccc(C(c2ccc(C(C)(C)C)cc2)C2C[C@@H](OC(=O)N(c3ccccc3)c3ccccc3)CN2)cc1. The van der Waals surface area contributed by atoms with E-state index in [0.29, 0.717) is 6.54 Å². The Morgan fingerprint density at radius 3 is 1.52 bits per heavy atom. The van der Waals surface area contributed by atoms with Crippen LogP contribution in [-0.2, 0) is 15.6 Å². The second-order valence-electron chi connectivity index (χ2n) is 13.5. The molecular weight excluding hydrogens is 516 g/mol. The summed E-state index contributed by atoms with van der Waals surface area (Å²) in [6, 6.07) is 37.6. The molecule has 1 fully saturated rings. The average Bonchev–Trinajstić information content (AvgIpc) is 3.42. The Hall–Kier alpha value is -3.89. The number of nitrogens with one attached hydrogen (secondary N) is 1. The van der Waals surface area contributed by atoms with Crippen LogP contribution >= 0.6 is 0 Å². The van der Waals surface area contributed by atoms with Crippen LogP contribution in [0.3, 0.4) is 0 Å². The topological polar surface area (TPSA) is 41.6 Å². The minimum atomic E-state index is -0.361. The Kier molecular flexibility index (Phi) is 8.56. The zero-order valence-corrected chi connectivity index (χ0v) is 25.8. The van der Waals surface area contributed by atoms with Crippen molar-refractivity contribution in [2.24, 2.45) is 0 Å². The van der Waals surface area contributed by atoms with Crippen LogP contribution in [0.25, 0.3) is 0 Å². The van der Waals surface area contributed by atoms with Crippen molar-refractivity contribution in [2.45, 2.75) is 76.9 Å². The van der Waals surface area contributed by atoms with Gasteiger partial charge in [0.25, 0.3) is 0 Å². The van der Waals surface area contributed by atoms with Gasteiger partial charge in [0.05, 0.1) is 11.4 Å². The van der Waals surface area contributed by atoms with Crippen LogP contribution in [0.5, 0.6) is 0 Å². The lowest BCUT2D eigenvalue weighted by Crippen LogP contribution is -2.31. The number of carbonyl (C=O) groups is 1. The van der Waals surface area contributed by atoms with E-state index in [-0.39, 0.29) is 35.0 Å². The molecule has 4 aromatic carbocycles. The average molecular weight is 561 g/mol. The number of carbonyl (C=O) groups excluding carboxylic acids is 1. The number of hydrogen-bond donors (Lipinski definition) is 1. The maximum Gasteiger partial charge on any atom is 0.419 e. The molecule has 1 aliphatic rings. The fourth-order valence-electron chi connectivity index (χ4n) is 5.82. The summed E-state index contributed by atoms with van der Waals surface area (Å²) in [7, 11) is 0. The van der Waals surface area contributed by atoms with Crippen LogP contribution < -0.4 is 10.2 Å². The minimum Gasteiger partial charge on any atom is -0.444 e.